The second-order valence-electron chi connectivity index (χ2n) is 10.6. The molecule has 2 N–H and O–H groups in total. The molecular formula is C33H44N6O3. The van der Waals surface area contributed by atoms with Gasteiger partial charge in [0.05, 0.1) is 11.7 Å². The van der Waals surface area contributed by atoms with E-state index >= 15 is 0 Å². The highest BCUT2D eigenvalue weighted by Crippen LogP contribution is 2.23. The molecule has 9 nitrogen and oxygen atoms in total. The number of rotatable bonds is 10. The summed E-state index contributed by atoms with van der Waals surface area (Å²) in [5.74, 6) is 1.13. The number of anilines is 2. The molecule has 42 heavy (non-hydrogen) atoms. The Morgan fingerprint density at radius 1 is 0.833 bits per heavy atom. The Hall–Kier alpha value is -4.24. The van der Waals surface area contributed by atoms with E-state index < -0.39 is 0 Å². The Balaban J connectivity index is 0.00000129. The van der Waals surface area contributed by atoms with Crippen molar-refractivity contribution >= 4 is 11.4 Å². The van der Waals surface area contributed by atoms with Crippen LogP contribution in [-0.2, 0) is 0 Å². The maximum Gasteiger partial charge on any atom is 0.350 e. The number of aromatic hydroxyl groups is 1. The number of piperazine rings is 1. The molecule has 0 saturated carbocycles. The number of para-hydroxylation sites is 1. The Kier molecular flexibility index (Phi) is 11.1. The van der Waals surface area contributed by atoms with Gasteiger partial charge < -0.3 is 25.0 Å². The maximum atomic E-state index is 13.2. The monoisotopic (exact) mass is 572 g/mol. The van der Waals surface area contributed by atoms with Gasteiger partial charge in [-0.05, 0) is 74.5 Å². The number of benzene rings is 3. The van der Waals surface area contributed by atoms with E-state index in [0.29, 0.717) is 13.2 Å². The van der Waals surface area contributed by atoms with Crippen LogP contribution in [0.4, 0.5) is 11.4 Å². The first-order valence-electron chi connectivity index (χ1n) is 14.9. The van der Waals surface area contributed by atoms with Crippen LogP contribution in [0.25, 0.3) is 5.69 Å². The zero-order valence-corrected chi connectivity index (χ0v) is 25.2. The third-order valence-corrected chi connectivity index (χ3v) is 7.37. The van der Waals surface area contributed by atoms with Crippen molar-refractivity contribution in [2.24, 2.45) is 0 Å². The molecule has 0 bridgehead atoms. The van der Waals surface area contributed by atoms with Crippen molar-refractivity contribution in [2.45, 2.75) is 46.2 Å². The van der Waals surface area contributed by atoms with Gasteiger partial charge in [-0.15, -0.1) is 0 Å². The van der Waals surface area contributed by atoms with E-state index in [0.717, 1.165) is 49.0 Å². The second kappa shape index (κ2) is 15.1. The van der Waals surface area contributed by atoms with Crippen LogP contribution in [0.5, 0.6) is 11.5 Å². The predicted molar refractivity (Wildman–Crippen MR) is 170 cm³/mol. The minimum Gasteiger partial charge on any atom is -0.508 e. The van der Waals surface area contributed by atoms with E-state index in [9.17, 15) is 9.90 Å². The number of aromatic nitrogens is 3. The molecule has 3 aromatic carbocycles. The number of phenols is 1. The SMILES string of the molecule is CC([C@@H](C)NCCOc1ccccc1)n1ncn(-c2ccc(N3CCN(c4ccc(O)cc4)CC3)cc2)c1=O.CCC. The van der Waals surface area contributed by atoms with Crippen LogP contribution >= 0.6 is 0 Å². The van der Waals surface area contributed by atoms with Crippen LogP contribution in [-0.4, -0.2) is 64.8 Å². The molecule has 1 saturated heterocycles. The molecule has 0 aliphatic carbocycles. The lowest BCUT2D eigenvalue weighted by Gasteiger charge is -2.37. The molecule has 9 heteroatoms. The Bertz CT molecular complexity index is 1390. The van der Waals surface area contributed by atoms with Gasteiger partial charge in [-0.2, -0.15) is 5.10 Å². The molecule has 1 fully saturated rings. The minimum absolute atomic E-state index is 0.0352. The fourth-order valence-corrected chi connectivity index (χ4v) is 4.84. The Morgan fingerprint density at radius 2 is 1.36 bits per heavy atom. The Morgan fingerprint density at radius 3 is 1.93 bits per heavy atom. The number of ether oxygens (including phenoxy) is 1. The number of hydrogen-bond acceptors (Lipinski definition) is 7. The molecule has 0 amide bonds. The summed E-state index contributed by atoms with van der Waals surface area (Å²) >= 11 is 0. The van der Waals surface area contributed by atoms with E-state index in [1.54, 1.807) is 23.0 Å². The van der Waals surface area contributed by atoms with Gasteiger partial charge in [0.1, 0.15) is 24.4 Å². The lowest BCUT2D eigenvalue weighted by Crippen LogP contribution is -2.46. The quantitative estimate of drug-likeness (QED) is 0.256. The molecule has 5 rings (SSSR count). The normalized spacial score (nSPS) is 14.6. The first-order valence-corrected chi connectivity index (χ1v) is 14.9. The zero-order chi connectivity index (χ0) is 29.9. The summed E-state index contributed by atoms with van der Waals surface area (Å²) in [6.45, 7) is 13.1. The number of phenolic OH excluding ortho intramolecular Hbond substituents is 1. The molecular weight excluding hydrogens is 528 g/mol. The predicted octanol–water partition coefficient (Wildman–Crippen LogP) is 5.10. The number of nitrogens with zero attached hydrogens (tertiary/aromatic N) is 5. The highest BCUT2D eigenvalue weighted by molar-refractivity contribution is 5.54. The number of hydrogen-bond donors (Lipinski definition) is 2. The third-order valence-electron chi connectivity index (χ3n) is 7.37. The largest absolute Gasteiger partial charge is 0.508 e. The summed E-state index contributed by atoms with van der Waals surface area (Å²) in [7, 11) is 0. The molecule has 1 aromatic heterocycles. The molecule has 4 aromatic rings. The summed E-state index contributed by atoms with van der Waals surface area (Å²) in [6, 6.07) is 25.1. The van der Waals surface area contributed by atoms with Crippen molar-refractivity contribution in [2.75, 3.05) is 49.1 Å². The highest BCUT2D eigenvalue weighted by atomic mass is 16.5. The standard InChI is InChI=1S/C30H36N6O3.C3H8/c1-23(31-16-21-39-29-6-4-3-5-7-29)24(2)36-30(38)35(22-32-36)27-10-8-25(9-11-27)33-17-19-34(20-18-33)26-12-14-28(37)15-13-26;1-3-2/h3-15,22-24,31,37H,16-21H2,1-2H3;3H2,1-2H3/t23-,24?;/m1./s1. The average molecular weight is 573 g/mol. The van der Waals surface area contributed by atoms with Crippen molar-refractivity contribution in [3.8, 4) is 17.2 Å². The van der Waals surface area contributed by atoms with Crippen molar-refractivity contribution in [1.82, 2.24) is 19.7 Å². The van der Waals surface area contributed by atoms with Gasteiger partial charge in [0.2, 0.25) is 0 Å². The average Bonchev–Trinajstić information content (AvgIpc) is 3.41. The van der Waals surface area contributed by atoms with Crippen molar-refractivity contribution in [3.05, 3.63) is 95.7 Å². The van der Waals surface area contributed by atoms with Crippen LogP contribution in [0.15, 0.2) is 90.0 Å². The van der Waals surface area contributed by atoms with Crippen LogP contribution < -0.4 is 25.5 Å². The fourth-order valence-electron chi connectivity index (χ4n) is 4.84. The van der Waals surface area contributed by atoms with Crippen LogP contribution in [0.1, 0.15) is 40.2 Å². The van der Waals surface area contributed by atoms with Crippen molar-refractivity contribution in [3.63, 3.8) is 0 Å². The van der Waals surface area contributed by atoms with Gasteiger partial charge in [-0.1, -0.05) is 38.5 Å². The molecule has 224 valence electrons. The van der Waals surface area contributed by atoms with Crippen LogP contribution in [0, 0.1) is 0 Å². The van der Waals surface area contributed by atoms with Gasteiger partial charge in [-0.25, -0.2) is 14.0 Å². The molecule has 0 radical (unpaired) electrons. The minimum atomic E-state index is -0.160. The summed E-state index contributed by atoms with van der Waals surface area (Å²) in [4.78, 5) is 17.9. The highest BCUT2D eigenvalue weighted by Gasteiger charge is 2.20. The lowest BCUT2D eigenvalue weighted by atomic mass is 10.2. The third kappa shape index (κ3) is 7.94. The van der Waals surface area contributed by atoms with Crippen LogP contribution in [0.3, 0.4) is 0 Å². The Labute approximate surface area is 249 Å². The van der Waals surface area contributed by atoms with E-state index in [4.69, 9.17) is 4.74 Å². The molecule has 1 unspecified atom stereocenters. The summed E-state index contributed by atoms with van der Waals surface area (Å²) in [5, 5.41) is 17.4. The van der Waals surface area contributed by atoms with E-state index in [1.807, 2.05) is 61.5 Å². The topological polar surface area (TPSA) is 87.8 Å². The maximum absolute atomic E-state index is 13.2. The van der Waals surface area contributed by atoms with Gasteiger partial charge in [0.15, 0.2) is 0 Å². The first-order chi connectivity index (χ1) is 20.4. The summed E-state index contributed by atoms with van der Waals surface area (Å²) in [6.07, 6.45) is 2.84. The van der Waals surface area contributed by atoms with E-state index in [1.165, 1.54) is 11.1 Å². The molecule has 1 aliphatic rings. The molecule has 2 atom stereocenters. The fraction of sp³-hybridized carbons (Fsp3) is 0.394. The van der Waals surface area contributed by atoms with Crippen LogP contribution in [0.2, 0.25) is 0 Å². The summed E-state index contributed by atoms with van der Waals surface area (Å²) in [5.41, 5.74) is 2.89. The first kappa shape index (κ1) is 30.7. The smallest absolute Gasteiger partial charge is 0.350 e. The van der Waals surface area contributed by atoms with Crippen molar-refractivity contribution in [1.29, 1.82) is 0 Å². The summed E-state index contributed by atoms with van der Waals surface area (Å²) < 4.78 is 8.87. The van der Waals surface area contributed by atoms with Gasteiger partial charge in [0.25, 0.3) is 0 Å². The number of nitrogens with one attached hydrogen (secondary N) is 1. The molecule has 0 spiro atoms. The molecule has 1 aliphatic heterocycles. The van der Waals surface area contributed by atoms with E-state index in [-0.39, 0.29) is 23.5 Å². The second-order valence-corrected chi connectivity index (χ2v) is 10.6. The van der Waals surface area contributed by atoms with Gasteiger partial charge in [-0.3, -0.25) is 0 Å². The van der Waals surface area contributed by atoms with Gasteiger partial charge in [0, 0.05) is 50.1 Å². The van der Waals surface area contributed by atoms with Gasteiger partial charge >= 0.3 is 5.69 Å². The van der Waals surface area contributed by atoms with Crippen molar-refractivity contribution < 1.29 is 9.84 Å². The molecule has 2 heterocycles. The zero-order valence-electron chi connectivity index (χ0n) is 25.2. The lowest BCUT2D eigenvalue weighted by molar-refractivity contribution is 0.287. The van der Waals surface area contributed by atoms with E-state index in [2.05, 4.69) is 53.1 Å².